The van der Waals surface area contributed by atoms with Crippen molar-refractivity contribution in [3.63, 3.8) is 0 Å². The first-order chi connectivity index (χ1) is 8.28. The van der Waals surface area contributed by atoms with Crippen LogP contribution < -0.4 is 0 Å². The molecule has 0 N–H and O–H groups in total. The van der Waals surface area contributed by atoms with Gasteiger partial charge in [-0.2, -0.15) is 10.4 Å². The van der Waals surface area contributed by atoms with Gasteiger partial charge in [-0.3, -0.25) is 9.08 Å². The normalized spacial score (nSPS) is 10.6. The van der Waals surface area contributed by atoms with E-state index in [1.807, 2.05) is 23.7 Å². The Hall–Kier alpha value is -2.68. The standard InChI is InChI=1S/C11H8N6/c1-16-4-3-9(15-16)11-14-13-10-6-8(7-12)2-5-17(10)11/h2-6H,1H3. The lowest BCUT2D eigenvalue weighted by Gasteiger charge is -1.96. The zero-order chi connectivity index (χ0) is 11.8. The molecule has 17 heavy (non-hydrogen) atoms. The van der Waals surface area contributed by atoms with Gasteiger partial charge in [0.05, 0.1) is 11.6 Å². The molecule has 0 fully saturated rings. The Bertz CT molecular complexity index is 730. The van der Waals surface area contributed by atoms with E-state index in [1.165, 1.54) is 0 Å². The van der Waals surface area contributed by atoms with E-state index in [4.69, 9.17) is 5.26 Å². The highest BCUT2D eigenvalue weighted by molar-refractivity contribution is 5.56. The molecule has 3 heterocycles. The highest BCUT2D eigenvalue weighted by Crippen LogP contribution is 2.16. The number of hydrogen-bond donors (Lipinski definition) is 0. The Balaban J connectivity index is 2.22. The van der Waals surface area contributed by atoms with Crippen LogP contribution in [0.4, 0.5) is 0 Å². The highest BCUT2D eigenvalue weighted by Gasteiger charge is 2.10. The van der Waals surface area contributed by atoms with Gasteiger partial charge in [-0.05, 0) is 12.1 Å². The van der Waals surface area contributed by atoms with Crippen molar-refractivity contribution < 1.29 is 0 Å². The van der Waals surface area contributed by atoms with Gasteiger partial charge in [-0.25, -0.2) is 0 Å². The number of fused-ring (bicyclic) bond motifs is 1. The Morgan fingerprint density at radius 1 is 1.24 bits per heavy atom. The number of aromatic nitrogens is 5. The molecule has 3 aromatic heterocycles. The van der Waals surface area contributed by atoms with E-state index in [-0.39, 0.29) is 0 Å². The van der Waals surface area contributed by atoms with Gasteiger partial charge >= 0.3 is 0 Å². The molecule has 0 amide bonds. The predicted molar refractivity (Wildman–Crippen MR) is 59.9 cm³/mol. The molecular formula is C11H8N6. The Morgan fingerprint density at radius 2 is 2.12 bits per heavy atom. The molecule has 0 saturated heterocycles. The van der Waals surface area contributed by atoms with Crippen molar-refractivity contribution in [2.75, 3.05) is 0 Å². The van der Waals surface area contributed by atoms with Gasteiger partial charge in [-0.15, -0.1) is 10.2 Å². The van der Waals surface area contributed by atoms with Crippen LogP contribution in [0.3, 0.4) is 0 Å². The number of hydrogen-bond acceptors (Lipinski definition) is 4. The van der Waals surface area contributed by atoms with Crippen molar-refractivity contribution >= 4 is 5.65 Å². The quantitative estimate of drug-likeness (QED) is 0.618. The highest BCUT2D eigenvalue weighted by atomic mass is 15.3. The Kier molecular flexibility index (Phi) is 1.92. The number of pyridine rings is 1. The lowest BCUT2D eigenvalue weighted by molar-refractivity contribution is 0.768. The molecular weight excluding hydrogens is 216 g/mol. The SMILES string of the molecule is Cn1ccc(-c2nnc3cc(C#N)ccn23)n1. The van der Waals surface area contributed by atoms with E-state index in [9.17, 15) is 0 Å². The molecule has 0 saturated carbocycles. The summed E-state index contributed by atoms with van der Waals surface area (Å²) in [4.78, 5) is 0. The fourth-order valence-corrected chi connectivity index (χ4v) is 1.67. The van der Waals surface area contributed by atoms with Crippen molar-refractivity contribution in [1.29, 1.82) is 5.26 Å². The van der Waals surface area contributed by atoms with Crippen LogP contribution in [0.15, 0.2) is 30.6 Å². The molecule has 0 spiro atoms. The van der Waals surface area contributed by atoms with Crippen LogP contribution in [-0.2, 0) is 7.05 Å². The predicted octanol–water partition coefficient (Wildman–Crippen LogP) is 1.00. The summed E-state index contributed by atoms with van der Waals surface area (Å²) in [6.07, 6.45) is 3.62. The average molecular weight is 224 g/mol. The summed E-state index contributed by atoms with van der Waals surface area (Å²) in [7, 11) is 1.85. The topological polar surface area (TPSA) is 71.8 Å². The Morgan fingerprint density at radius 3 is 2.82 bits per heavy atom. The van der Waals surface area contributed by atoms with Crippen LogP contribution in [0.25, 0.3) is 17.2 Å². The first kappa shape index (κ1) is 9.54. The molecule has 82 valence electrons. The molecule has 6 heteroatoms. The number of aryl methyl sites for hydroxylation is 1. The lowest BCUT2D eigenvalue weighted by atomic mass is 10.3. The average Bonchev–Trinajstić information content (AvgIpc) is 2.93. The van der Waals surface area contributed by atoms with Gasteiger partial charge in [0.2, 0.25) is 0 Å². The summed E-state index contributed by atoms with van der Waals surface area (Å²) in [5, 5.41) is 21.2. The van der Waals surface area contributed by atoms with E-state index in [0.29, 0.717) is 17.0 Å². The summed E-state index contributed by atoms with van der Waals surface area (Å²) in [5.74, 6) is 0.671. The minimum Gasteiger partial charge on any atom is -0.281 e. The maximum absolute atomic E-state index is 8.80. The molecule has 0 aliphatic rings. The summed E-state index contributed by atoms with van der Waals surface area (Å²) < 4.78 is 3.52. The number of nitriles is 1. The molecule has 0 aliphatic heterocycles. The molecule has 0 unspecified atom stereocenters. The molecule has 6 nitrogen and oxygen atoms in total. The van der Waals surface area contributed by atoms with Crippen molar-refractivity contribution in [2.24, 2.45) is 7.05 Å². The largest absolute Gasteiger partial charge is 0.281 e. The van der Waals surface area contributed by atoms with E-state index < -0.39 is 0 Å². The molecule has 0 atom stereocenters. The zero-order valence-electron chi connectivity index (χ0n) is 9.07. The first-order valence-electron chi connectivity index (χ1n) is 5.03. The van der Waals surface area contributed by atoms with Gasteiger partial charge in [0.25, 0.3) is 0 Å². The summed E-state index contributed by atoms with van der Waals surface area (Å²) in [5.41, 5.74) is 1.96. The smallest absolute Gasteiger partial charge is 0.188 e. The molecule has 3 rings (SSSR count). The van der Waals surface area contributed by atoms with Crippen molar-refractivity contribution in [3.8, 4) is 17.6 Å². The van der Waals surface area contributed by atoms with Gasteiger partial charge in [0.1, 0.15) is 5.69 Å². The minimum atomic E-state index is 0.567. The van der Waals surface area contributed by atoms with E-state index in [0.717, 1.165) is 5.69 Å². The third-order valence-electron chi connectivity index (χ3n) is 2.48. The third kappa shape index (κ3) is 1.45. The van der Waals surface area contributed by atoms with Gasteiger partial charge in [0, 0.05) is 25.5 Å². The lowest BCUT2D eigenvalue weighted by Crippen LogP contribution is -1.92. The van der Waals surface area contributed by atoms with Gasteiger partial charge in [0.15, 0.2) is 11.5 Å². The van der Waals surface area contributed by atoms with E-state index >= 15 is 0 Å². The summed E-state index contributed by atoms with van der Waals surface area (Å²) >= 11 is 0. The maximum atomic E-state index is 8.80. The molecule has 0 aliphatic carbocycles. The zero-order valence-corrected chi connectivity index (χ0v) is 9.07. The van der Waals surface area contributed by atoms with Crippen LogP contribution in [0.2, 0.25) is 0 Å². The van der Waals surface area contributed by atoms with Crippen LogP contribution >= 0.6 is 0 Å². The molecule has 0 bridgehead atoms. The van der Waals surface area contributed by atoms with Crippen molar-refractivity contribution in [1.82, 2.24) is 24.4 Å². The van der Waals surface area contributed by atoms with Crippen LogP contribution in [-0.4, -0.2) is 24.4 Å². The summed E-state index contributed by atoms with van der Waals surface area (Å²) in [6.45, 7) is 0. The Labute approximate surface area is 96.7 Å². The second-order valence-electron chi connectivity index (χ2n) is 3.65. The maximum Gasteiger partial charge on any atom is 0.188 e. The third-order valence-corrected chi connectivity index (χ3v) is 2.48. The van der Waals surface area contributed by atoms with Crippen LogP contribution in [0.1, 0.15) is 5.56 Å². The molecule has 3 aromatic rings. The van der Waals surface area contributed by atoms with Crippen molar-refractivity contribution in [2.45, 2.75) is 0 Å². The van der Waals surface area contributed by atoms with Crippen LogP contribution in [0.5, 0.6) is 0 Å². The van der Waals surface area contributed by atoms with E-state index in [1.54, 1.807) is 23.0 Å². The van der Waals surface area contributed by atoms with Gasteiger partial charge in [-0.1, -0.05) is 0 Å². The van der Waals surface area contributed by atoms with Crippen molar-refractivity contribution in [3.05, 3.63) is 36.2 Å². The second-order valence-corrected chi connectivity index (χ2v) is 3.65. The number of rotatable bonds is 1. The second kappa shape index (κ2) is 3.42. The monoisotopic (exact) mass is 224 g/mol. The fraction of sp³-hybridized carbons (Fsp3) is 0.0909. The minimum absolute atomic E-state index is 0.567. The van der Waals surface area contributed by atoms with E-state index in [2.05, 4.69) is 21.4 Å². The first-order valence-corrected chi connectivity index (χ1v) is 5.03. The van der Waals surface area contributed by atoms with Gasteiger partial charge < -0.3 is 0 Å². The fourth-order valence-electron chi connectivity index (χ4n) is 1.67. The van der Waals surface area contributed by atoms with Crippen LogP contribution in [0, 0.1) is 11.3 Å². The number of nitrogens with zero attached hydrogens (tertiary/aromatic N) is 6. The molecule has 0 radical (unpaired) electrons. The molecule has 0 aromatic carbocycles. The summed E-state index contributed by atoms with van der Waals surface area (Å²) in [6, 6.07) is 7.36.